The van der Waals surface area contributed by atoms with Crippen LogP contribution in [0.1, 0.15) is 20.3 Å². The van der Waals surface area contributed by atoms with Gasteiger partial charge in [-0.25, -0.2) is 9.87 Å². The number of hydrogen-bond donors (Lipinski definition) is 2. The van der Waals surface area contributed by atoms with E-state index in [0.717, 1.165) is 22.9 Å². The number of fused-ring (bicyclic) bond motifs is 1. The molecule has 0 spiro atoms. The Balaban J connectivity index is 1.86. The van der Waals surface area contributed by atoms with Gasteiger partial charge >= 0.3 is 6.29 Å². The molecule has 0 unspecified atom stereocenters. The number of carbonyl (C=O) groups excluding carboxylic acids is 1. The van der Waals surface area contributed by atoms with Crippen molar-refractivity contribution >= 4 is 5.91 Å². The molecule has 1 aromatic heterocycles. The fraction of sp³-hybridized carbons (Fsp3) is 0.333. The number of aryl methyl sites for hydroxylation is 1. The van der Waals surface area contributed by atoms with E-state index >= 15 is 0 Å². The molecule has 1 aromatic carbocycles. The number of amides is 1. The van der Waals surface area contributed by atoms with Gasteiger partial charge in [0.1, 0.15) is 5.82 Å². The second-order valence-corrected chi connectivity index (χ2v) is 6.97. The number of hydroxylamine groups is 1. The van der Waals surface area contributed by atoms with Crippen molar-refractivity contribution in [3.05, 3.63) is 46.6 Å². The SMILES string of the molecule is CC(C)(CCn1cc(F)c(-c2ccc3c(c2)OC(F)(F)O3)cc1=O)C(=O)NO. The predicted octanol–water partition coefficient (Wildman–Crippen LogP) is 2.90. The second-order valence-electron chi connectivity index (χ2n) is 6.97. The van der Waals surface area contributed by atoms with Crippen LogP contribution in [0.2, 0.25) is 0 Å². The highest BCUT2D eigenvalue weighted by molar-refractivity contribution is 5.80. The molecule has 0 bridgehead atoms. The summed E-state index contributed by atoms with van der Waals surface area (Å²) in [7, 11) is 0. The topological polar surface area (TPSA) is 89.8 Å². The third kappa shape index (κ3) is 3.81. The van der Waals surface area contributed by atoms with E-state index in [2.05, 4.69) is 9.47 Å². The van der Waals surface area contributed by atoms with E-state index in [9.17, 15) is 22.8 Å². The van der Waals surface area contributed by atoms with Gasteiger partial charge in [-0.3, -0.25) is 14.8 Å². The summed E-state index contributed by atoms with van der Waals surface area (Å²) in [6.45, 7) is 3.16. The Morgan fingerprint density at radius 2 is 1.93 bits per heavy atom. The molecule has 0 atom stereocenters. The van der Waals surface area contributed by atoms with Gasteiger partial charge in [-0.15, -0.1) is 8.78 Å². The maximum atomic E-state index is 14.6. The molecule has 1 aliphatic rings. The molecule has 10 heteroatoms. The van der Waals surface area contributed by atoms with Gasteiger partial charge in [0.25, 0.3) is 5.56 Å². The second kappa shape index (κ2) is 6.86. The lowest BCUT2D eigenvalue weighted by atomic mass is 9.88. The summed E-state index contributed by atoms with van der Waals surface area (Å²) in [5, 5.41) is 8.73. The van der Waals surface area contributed by atoms with Crippen molar-refractivity contribution in [3.8, 4) is 22.6 Å². The van der Waals surface area contributed by atoms with Crippen molar-refractivity contribution in [2.45, 2.75) is 33.1 Å². The number of benzene rings is 1. The molecule has 2 N–H and O–H groups in total. The zero-order chi connectivity index (χ0) is 20.7. The van der Waals surface area contributed by atoms with E-state index in [1.165, 1.54) is 12.1 Å². The van der Waals surface area contributed by atoms with Crippen LogP contribution in [0.25, 0.3) is 11.1 Å². The van der Waals surface area contributed by atoms with Gasteiger partial charge in [0.15, 0.2) is 11.5 Å². The number of nitrogens with zero attached hydrogens (tertiary/aromatic N) is 1. The van der Waals surface area contributed by atoms with Crippen LogP contribution in [0.15, 0.2) is 35.3 Å². The third-order valence-electron chi connectivity index (χ3n) is 4.48. The summed E-state index contributed by atoms with van der Waals surface area (Å²) in [5.74, 6) is -1.83. The maximum Gasteiger partial charge on any atom is 0.586 e. The van der Waals surface area contributed by atoms with Gasteiger partial charge in [-0.1, -0.05) is 19.9 Å². The molecule has 150 valence electrons. The summed E-state index contributed by atoms with van der Waals surface area (Å²) in [5.41, 5.74) is 0.107. The Morgan fingerprint density at radius 3 is 2.61 bits per heavy atom. The minimum atomic E-state index is -3.80. The molecule has 0 saturated heterocycles. The Morgan fingerprint density at radius 1 is 1.25 bits per heavy atom. The molecule has 0 aliphatic carbocycles. The summed E-state index contributed by atoms with van der Waals surface area (Å²) < 4.78 is 50.5. The third-order valence-corrected chi connectivity index (χ3v) is 4.48. The Kier molecular flexibility index (Phi) is 4.84. The number of ether oxygens (including phenoxy) is 2. The summed E-state index contributed by atoms with van der Waals surface area (Å²) in [6, 6.07) is 4.73. The number of aromatic nitrogens is 1. The fourth-order valence-corrected chi connectivity index (χ4v) is 2.72. The first kappa shape index (κ1) is 19.7. The molecular formula is C18H17F3N2O5. The number of rotatable bonds is 5. The first-order chi connectivity index (χ1) is 13.0. The lowest BCUT2D eigenvalue weighted by molar-refractivity contribution is -0.286. The van der Waals surface area contributed by atoms with Crippen LogP contribution in [0.5, 0.6) is 11.5 Å². The standard InChI is InChI=1S/C18H17F3N2O5/c1-17(2,16(25)22-26)5-6-23-9-12(19)11(8-15(23)24)10-3-4-13-14(7-10)28-18(20,21)27-13/h3-4,7-9,26H,5-6H2,1-2H3,(H,22,25). The largest absolute Gasteiger partial charge is 0.586 e. The molecule has 0 fully saturated rings. The maximum absolute atomic E-state index is 14.6. The number of carbonyl (C=O) groups is 1. The van der Waals surface area contributed by atoms with Crippen LogP contribution in [0.3, 0.4) is 0 Å². The summed E-state index contributed by atoms with van der Waals surface area (Å²) in [4.78, 5) is 23.9. The Bertz CT molecular complexity index is 988. The lowest BCUT2D eigenvalue weighted by Gasteiger charge is -2.22. The van der Waals surface area contributed by atoms with E-state index in [4.69, 9.17) is 5.21 Å². The molecule has 7 nitrogen and oxygen atoms in total. The van der Waals surface area contributed by atoms with E-state index in [1.54, 1.807) is 19.3 Å². The summed E-state index contributed by atoms with van der Waals surface area (Å²) in [6.07, 6.45) is -2.66. The minimum absolute atomic E-state index is 0.0316. The first-order valence-electron chi connectivity index (χ1n) is 8.27. The number of halogens is 3. The molecule has 0 saturated carbocycles. The van der Waals surface area contributed by atoms with Crippen molar-refractivity contribution in [3.63, 3.8) is 0 Å². The highest BCUT2D eigenvalue weighted by Crippen LogP contribution is 2.43. The highest BCUT2D eigenvalue weighted by atomic mass is 19.3. The number of alkyl halides is 2. The predicted molar refractivity (Wildman–Crippen MR) is 90.6 cm³/mol. The van der Waals surface area contributed by atoms with Crippen LogP contribution < -0.4 is 20.5 Å². The van der Waals surface area contributed by atoms with Crippen LogP contribution >= 0.6 is 0 Å². The average Bonchev–Trinajstić information content (AvgIpc) is 2.94. The monoisotopic (exact) mass is 398 g/mol. The van der Waals surface area contributed by atoms with E-state index < -0.39 is 29.0 Å². The van der Waals surface area contributed by atoms with E-state index in [0.29, 0.717) is 0 Å². The van der Waals surface area contributed by atoms with Crippen molar-refractivity contribution < 1.29 is 32.6 Å². The van der Waals surface area contributed by atoms with Gasteiger partial charge in [-0.2, -0.15) is 0 Å². The van der Waals surface area contributed by atoms with Crippen molar-refractivity contribution in [2.75, 3.05) is 0 Å². The quantitative estimate of drug-likeness (QED) is 0.597. The highest BCUT2D eigenvalue weighted by Gasteiger charge is 2.43. The fourth-order valence-electron chi connectivity index (χ4n) is 2.72. The van der Waals surface area contributed by atoms with E-state index in [-0.39, 0.29) is 35.6 Å². The average molecular weight is 398 g/mol. The molecule has 1 aliphatic heterocycles. The Hall–Kier alpha value is -3.01. The molecular weight excluding hydrogens is 381 g/mol. The number of pyridine rings is 1. The molecule has 2 aromatic rings. The van der Waals surface area contributed by atoms with Crippen molar-refractivity contribution in [1.82, 2.24) is 10.0 Å². The minimum Gasteiger partial charge on any atom is -0.395 e. The van der Waals surface area contributed by atoms with Crippen LogP contribution in [-0.2, 0) is 11.3 Å². The molecule has 0 radical (unpaired) electrons. The van der Waals surface area contributed by atoms with Crippen molar-refractivity contribution in [1.29, 1.82) is 0 Å². The van der Waals surface area contributed by atoms with Gasteiger partial charge in [0.05, 0.1) is 0 Å². The zero-order valence-electron chi connectivity index (χ0n) is 15.0. The van der Waals surface area contributed by atoms with Crippen molar-refractivity contribution in [2.24, 2.45) is 5.41 Å². The molecule has 3 rings (SSSR count). The smallest absolute Gasteiger partial charge is 0.395 e. The van der Waals surface area contributed by atoms with Crippen LogP contribution in [-0.4, -0.2) is 22.0 Å². The number of hydrogen-bond acceptors (Lipinski definition) is 5. The summed E-state index contributed by atoms with van der Waals surface area (Å²) >= 11 is 0. The van der Waals surface area contributed by atoms with E-state index in [1.807, 2.05) is 0 Å². The molecule has 28 heavy (non-hydrogen) atoms. The molecule has 1 amide bonds. The van der Waals surface area contributed by atoms with Gasteiger partial charge in [0, 0.05) is 29.8 Å². The van der Waals surface area contributed by atoms with Gasteiger partial charge in [0.2, 0.25) is 5.91 Å². The Labute approximate surface area is 157 Å². The zero-order valence-corrected chi connectivity index (χ0v) is 15.0. The molecule has 2 heterocycles. The number of nitrogens with one attached hydrogen (secondary N) is 1. The normalized spacial score (nSPS) is 14.8. The van der Waals surface area contributed by atoms with Crippen LogP contribution in [0.4, 0.5) is 13.2 Å². The lowest BCUT2D eigenvalue weighted by Crippen LogP contribution is -2.36. The van der Waals surface area contributed by atoms with Crippen LogP contribution in [0, 0.1) is 11.2 Å². The van der Waals surface area contributed by atoms with Gasteiger partial charge < -0.3 is 14.0 Å². The first-order valence-corrected chi connectivity index (χ1v) is 8.27. The van der Waals surface area contributed by atoms with Gasteiger partial charge in [-0.05, 0) is 24.1 Å².